The van der Waals surface area contributed by atoms with Gasteiger partial charge in [-0.2, -0.15) is 0 Å². The lowest BCUT2D eigenvalue weighted by molar-refractivity contribution is 0.0946. The summed E-state index contributed by atoms with van der Waals surface area (Å²) in [5.74, 6) is 1.03. The molecular formula is C22H22N4O2. The van der Waals surface area contributed by atoms with E-state index in [9.17, 15) is 4.79 Å². The Hall–Kier alpha value is -3.41. The number of nitrogens with one attached hydrogen (secondary N) is 2. The topological polar surface area (TPSA) is 76.1 Å². The Morgan fingerprint density at radius 2 is 1.82 bits per heavy atom. The molecule has 2 N–H and O–H groups in total. The maximum Gasteiger partial charge on any atom is 0.270 e. The van der Waals surface area contributed by atoms with Gasteiger partial charge in [0.2, 0.25) is 5.95 Å². The van der Waals surface area contributed by atoms with E-state index in [1.54, 1.807) is 6.07 Å². The quantitative estimate of drug-likeness (QED) is 0.654. The maximum atomic E-state index is 12.2. The predicted molar refractivity (Wildman–Crippen MR) is 108 cm³/mol. The van der Waals surface area contributed by atoms with Crippen LogP contribution in [0.15, 0.2) is 60.7 Å². The van der Waals surface area contributed by atoms with E-state index in [1.807, 2.05) is 61.5 Å². The zero-order valence-electron chi connectivity index (χ0n) is 15.7. The fourth-order valence-electron chi connectivity index (χ4n) is 2.73. The molecule has 0 spiro atoms. The number of aromatic nitrogens is 2. The molecule has 4 rings (SSSR count). The lowest BCUT2D eigenvalue weighted by Crippen LogP contribution is -2.26. The van der Waals surface area contributed by atoms with Crippen LogP contribution in [0.3, 0.4) is 0 Å². The zero-order chi connectivity index (χ0) is 19.3. The van der Waals surface area contributed by atoms with Gasteiger partial charge in [-0.25, -0.2) is 9.97 Å². The number of amides is 1. The molecule has 1 amide bonds. The van der Waals surface area contributed by atoms with Crippen molar-refractivity contribution in [2.45, 2.75) is 32.4 Å². The first kappa shape index (κ1) is 18.0. The Labute approximate surface area is 164 Å². The van der Waals surface area contributed by atoms with Crippen LogP contribution in [0.2, 0.25) is 0 Å². The minimum absolute atomic E-state index is 0.152. The minimum Gasteiger partial charge on any atom is -0.489 e. The van der Waals surface area contributed by atoms with Gasteiger partial charge in [0.05, 0.1) is 0 Å². The zero-order valence-corrected chi connectivity index (χ0v) is 15.7. The van der Waals surface area contributed by atoms with Crippen molar-refractivity contribution < 1.29 is 9.53 Å². The van der Waals surface area contributed by atoms with Crippen molar-refractivity contribution in [2.75, 3.05) is 5.32 Å². The van der Waals surface area contributed by atoms with Crippen LogP contribution in [0.1, 0.15) is 34.6 Å². The number of nitrogens with zero attached hydrogens (tertiary/aromatic N) is 2. The molecule has 0 atom stereocenters. The third-order valence-corrected chi connectivity index (χ3v) is 4.36. The molecule has 0 aliphatic heterocycles. The predicted octanol–water partition coefficient (Wildman–Crippen LogP) is 4.00. The highest BCUT2D eigenvalue weighted by Gasteiger charge is 2.24. The van der Waals surface area contributed by atoms with E-state index in [-0.39, 0.29) is 5.91 Å². The first-order valence-electron chi connectivity index (χ1n) is 9.36. The first-order valence-corrected chi connectivity index (χ1v) is 9.36. The Balaban J connectivity index is 1.39. The van der Waals surface area contributed by atoms with Gasteiger partial charge in [-0.3, -0.25) is 4.79 Å². The van der Waals surface area contributed by atoms with Crippen molar-refractivity contribution >= 4 is 17.5 Å². The van der Waals surface area contributed by atoms with Crippen LogP contribution >= 0.6 is 0 Å². The highest BCUT2D eigenvalue weighted by atomic mass is 16.5. The highest BCUT2D eigenvalue weighted by molar-refractivity contribution is 5.93. The van der Waals surface area contributed by atoms with Crippen LogP contribution in [0, 0.1) is 6.92 Å². The van der Waals surface area contributed by atoms with E-state index in [0.717, 1.165) is 35.5 Å². The minimum atomic E-state index is -0.152. The van der Waals surface area contributed by atoms with Crippen LogP contribution in [0.25, 0.3) is 0 Å². The number of ether oxygens (including phenoxy) is 1. The summed E-state index contributed by atoms with van der Waals surface area (Å²) in [5, 5.41) is 6.10. The Bertz CT molecular complexity index is 954. The average molecular weight is 374 g/mol. The molecule has 142 valence electrons. The second-order valence-electron chi connectivity index (χ2n) is 6.89. The summed E-state index contributed by atoms with van der Waals surface area (Å²) in [4.78, 5) is 21.0. The van der Waals surface area contributed by atoms with E-state index in [4.69, 9.17) is 4.74 Å². The molecule has 0 bridgehead atoms. The van der Waals surface area contributed by atoms with Gasteiger partial charge < -0.3 is 15.4 Å². The molecule has 1 aromatic heterocycles. The van der Waals surface area contributed by atoms with Crippen LogP contribution in [-0.4, -0.2) is 21.9 Å². The maximum absolute atomic E-state index is 12.2. The molecule has 1 fully saturated rings. The molecule has 3 aromatic rings. The molecule has 0 saturated heterocycles. The van der Waals surface area contributed by atoms with E-state index in [1.165, 1.54) is 0 Å². The van der Waals surface area contributed by atoms with E-state index < -0.39 is 0 Å². The Kier molecular flexibility index (Phi) is 5.19. The van der Waals surface area contributed by atoms with E-state index in [2.05, 4.69) is 20.6 Å². The van der Waals surface area contributed by atoms with E-state index >= 15 is 0 Å². The molecule has 1 heterocycles. The molecule has 28 heavy (non-hydrogen) atoms. The number of rotatable bonds is 7. The van der Waals surface area contributed by atoms with Gasteiger partial charge in [-0.15, -0.1) is 0 Å². The second-order valence-corrected chi connectivity index (χ2v) is 6.89. The Morgan fingerprint density at radius 3 is 2.54 bits per heavy atom. The molecule has 2 aromatic carbocycles. The number of carbonyl (C=O) groups excluding carboxylic acids is 1. The van der Waals surface area contributed by atoms with Crippen molar-refractivity contribution in [2.24, 2.45) is 0 Å². The van der Waals surface area contributed by atoms with Crippen molar-refractivity contribution in [1.29, 1.82) is 0 Å². The van der Waals surface area contributed by atoms with Gasteiger partial charge in [-0.05, 0) is 55.7 Å². The standard InChI is InChI=1S/C22H22N4O2/c1-15-13-20(21(27)24-17-7-8-17)26-22(23-15)25-18-9-11-19(12-10-18)28-14-16-5-3-2-4-6-16/h2-6,9-13,17H,7-8,14H2,1H3,(H,24,27)(H,23,25,26). The summed E-state index contributed by atoms with van der Waals surface area (Å²) in [6, 6.07) is 19.6. The van der Waals surface area contributed by atoms with Gasteiger partial charge in [0.1, 0.15) is 18.1 Å². The summed E-state index contributed by atoms with van der Waals surface area (Å²) in [5.41, 5.74) is 3.06. The van der Waals surface area contributed by atoms with Crippen molar-refractivity contribution in [3.63, 3.8) is 0 Å². The highest BCUT2D eigenvalue weighted by Crippen LogP contribution is 2.21. The number of aryl methyl sites for hydroxylation is 1. The summed E-state index contributed by atoms with van der Waals surface area (Å²) in [7, 11) is 0. The van der Waals surface area contributed by atoms with E-state index in [0.29, 0.717) is 24.3 Å². The third kappa shape index (κ3) is 4.85. The van der Waals surface area contributed by atoms with Crippen molar-refractivity contribution in [1.82, 2.24) is 15.3 Å². The fourth-order valence-corrected chi connectivity index (χ4v) is 2.73. The van der Waals surface area contributed by atoms with Crippen LogP contribution < -0.4 is 15.4 Å². The summed E-state index contributed by atoms with van der Waals surface area (Å²) in [6.45, 7) is 2.37. The molecule has 1 aliphatic carbocycles. The van der Waals surface area contributed by atoms with Crippen molar-refractivity contribution in [3.05, 3.63) is 77.6 Å². The monoisotopic (exact) mass is 374 g/mol. The van der Waals surface area contributed by atoms with Gasteiger partial charge in [0.15, 0.2) is 0 Å². The molecule has 0 radical (unpaired) electrons. The molecule has 1 saturated carbocycles. The number of anilines is 2. The molecular weight excluding hydrogens is 352 g/mol. The summed E-state index contributed by atoms with van der Waals surface area (Å²) < 4.78 is 5.80. The van der Waals surface area contributed by atoms with Gasteiger partial charge >= 0.3 is 0 Å². The van der Waals surface area contributed by atoms with Crippen LogP contribution in [-0.2, 0) is 6.61 Å². The lowest BCUT2D eigenvalue weighted by Gasteiger charge is -2.10. The largest absolute Gasteiger partial charge is 0.489 e. The number of carbonyl (C=O) groups is 1. The lowest BCUT2D eigenvalue weighted by atomic mass is 10.2. The average Bonchev–Trinajstić information content (AvgIpc) is 3.52. The summed E-state index contributed by atoms with van der Waals surface area (Å²) in [6.07, 6.45) is 2.08. The number of hydrogen-bond donors (Lipinski definition) is 2. The SMILES string of the molecule is Cc1cc(C(=O)NC2CC2)nc(Nc2ccc(OCc3ccccc3)cc2)n1. The normalized spacial score (nSPS) is 13.0. The molecule has 6 heteroatoms. The van der Waals surface area contributed by atoms with Crippen molar-refractivity contribution in [3.8, 4) is 5.75 Å². The van der Waals surface area contributed by atoms with Gasteiger partial charge in [0, 0.05) is 17.4 Å². The molecule has 1 aliphatic rings. The number of hydrogen-bond acceptors (Lipinski definition) is 5. The first-order chi connectivity index (χ1) is 13.7. The number of benzene rings is 2. The molecule has 6 nitrogen and oxygen atoms in total. The van der Waals surface area contributed by atoms with Gasteiger partial charge in [-0.1, -0.05) is 30.3 Å². The fraction of sp³-hybridized carbons (Fsp3) is 0.227. The van der Waals surface area contributed by atoms with Crippen LogP contribution in [0.4, 0.5) is 11.6 Å². The second kappa shape index (κ2) is 8.08. The Morgan fingerprint density at radius 1 is 1.07 bits per heavy atom. The smallest absolute Gasteiger partial charge is 0.270 e. The summed E-state index contributed by atoms with van der Waals surface area (Å²) >= 11 is 0. The van der Waals surface area contributed by atoms with Gasteiger partial charge in [0.25, 0.3) is 5.91 Å². The van der Waals surface area contributed by atoms with Crippen LogP contribution in [0.5, 0.6) is 5.75 Å². The molecule has 0 unspecified atom stereocenters. The third-order valence-electron chi connectivity index (χ3n) is 4.36.